The third kappa shape index (κ3) is 5.83. The number of benzene rings is 2. The smallest absolute Gasteiger partial charge is 0.240 e. The summed E-state index contributed by atoms with van der Waals surface area (Å²) in [5.74, 6) is 0.671. The minimum absolute atomic E-state index is 0.0327. The number of ether oxygens (including phenoxy) is 2. The monoisotopic (exact) mass is 490 g/mol. The Balaban J connectivity index is 1.57. The zero-order valence-corrected chi connectivity index (χ0v) is 18.6. The minimum Gasteiger partial charge on any atom is -0.493 e. The number of carbonyl (C=O) groups is 2. The molecule has 1 saturated heterocycles. The average Bonchev–Trinajstić information content (AvgIpc) is 3.08. The van der Waals surface area contributed by atoms with Crippen molar-refractivity contribution in [2.75, 3.05) is 19.5 Å². The number of nitrogens with zero attached hydrogens (tertiary/aromatic N) is 2. The first-order valence-corrected chi connectivity index (χ1v) is 10.5. The van der Waals surface area contributed by atoms with E-state index in [0.29, 0.717) is 22.4 Å². The molecule has 1 aliphatic heterocycles. The van der Waals surface area contributed by atoms with Crippen LogP contribution in [0, 0.1) is 0 Å². The molecule has 0 aromatic heterocycles. The van der Waals surface area contributed by atoms with Crippen LogP contribution in [0.1, 0.15) is 12.0 Å². The van der Waals surface area contributed by atoms with Gasteiger partial charge in [-0.15, -0.1) is 5.10 Å². The van der Waals surface area contributed by atoms with Crippen molar-refractivity contribution in [1.29, 1.82) is 0 Å². The molecular formula is C20H19BrN4O4S. The van der Waals surface area contributed by atoms with Gasteiger partial charge in [-0.2, -0.15) is 5.10 Å². The molecule has 1 aliphatic rings. The Morgan fingerprint density at radius 2 is 1.93 bits per heavy atom. The van der Waals surface area contributed by atoms with Crippen LogP contribution in [-0.2, 0) is 9.59 Å². The van der Waals surface area contributed by atoms with E-state index in [2.05, 4.69) is 36.8 Å². The fourth-order valence-corrected chi connectivity index (χ4v) is 3.77. The first kappa shape index (κ1) is 21.8. The molecule has 0 unspecified atom stereocenters. The van der Waals surface area contributed by atoms with Gasteiger partial charge in [0.1, 0.15) is 5.25 Å². The molecule has 2 aromatic rings. The fourth-order valence-electron chi connectivity index (χ4n) is 2.58. The van der Waals surface area contributed by atoms with Crippen molar-refractivity contribution in [3.8, 4) is 11.5 Å². The van der Waals surface area contributed by atoms with E-state index in [1.165, 1.54) is 18.0 Å². The lowest BCUT2D eigenvalue weighted by molar-refractivity contribution is -0.122. The van der Waals surface area contributed by atoms with Gasteiger partial charge in [-0.25, -0.2) is 0 Å². The van der Waals surface area contributed by atoms with Crippen molar-refractivity contribution in [3.63, 3.8) is 0 Å². The average molecular weight is 491 g/mol. The Bertz CT molecular complexity index is 995. The summed E-state index contributed by atoms with van der Waals surface area (Å²) >= 11 is 4.51. The largest absolute Gasteiger partial charge is 0.493 e. The van der Waals surface area contributed by atoms with Gasteiger partial charge in [-0.1, -0.05) is 27.7 Å². The zero-order chi connectivity index (χ0) is 21.5. The summed E-state index contributed by atoms with van der Waals surface area (Å²) in [5, 5.41) is 13.2. The van der Waals surface area contributed by atoms with E-state index in [-0.39, 0.29) is 18.2 Å². The van der Waals surface area contributed by atoms with Crippen LogP contribution in [0.5, 0.6) is 11.5 Å². The molecule has 156 valence electrons. The fraction of sp³-hybridized carbons (Fsp3) is 0.200. The number of hydrogen-bond donors (Lipinski definition) is 2. The van der Waals surface area contributed by atoms with Crippen molar-refractivity contribution in [1.82, 2.24) is 5.32 Å². The van der Waals surface area contributed by atoms with Crippen molar-refractivity contribution < 1.29 is 19.1 Å². The van der Waals surface area contributed by atoms with Crippen LogP contribution < -0.4 is 20.1 Å². The van der Waals surface area contributed by atoms with Gasteiger partial charge in [-0.05, 0) is 48.0 Å². The van der Waals surface area contributed by atoms with Crippen LogP contribution in [0.3, 0.4) is 0 Å². The van der Waals surface area contributed by atoms with E-state index < -0.39 is 5.25 Å². The summed E-state index contributed by atoms with van der Waals surface area (Å²) in [6.45, 7) is 0. The highest BCUT2D eigenvalue weighted by molar-refractivity contribution is 9.10. The number of halogens is 1. The number of thioether (sulfide) groups is 1. The number of amides is 2. The molecule has 1 fully saturated rings. The van der Waals surface area contributed by atoms with E-state index in [1.807, 2.05) is 12.1 Å². The maximum atomic E-state index is 12.2. The summed E-state index contributed by atoms with van der Waals surface area (Å²) < 4.78 is 11.4. The Morgan fingerprint density at radius 3 is 2.63 bits per heavy atom. The van der Waals surface area contributed by atoms with Crippen molar-refractivity contribution >= 4 is 56.6 Å². The molecule has 30 heavy (non-hydrogen) atoms. The van der Waals surface area contributed by atoms with E-state index in [4.69, 9.17) is 9.47 Å². The first-order chi connectivity index (χ1) is 14.5. The normalized spacial score (nSPS) is 17.2. The topological polar surface area (TPSA) is 101 Å². The van der Waals surface area contributed by atoms with Crippen molar-refractivity contribution in [2.24, 2.45) is 10.2 Å². The molecule has 0 saturated carbocycles. The molecule has 0 bridgehead atoms. The van der Waals surface area contributed by atoms with Crippen LogP contribution in [0.4, 0.5) is 5.69 Å². The van der Waals surface area contributed by atoms with Crippen LogP contribution >= 0.6 is 27.7 Å². The maximum Gasteiger partial charge on any atom is 0.240 e. The van der Waals surface area contributed by atoms with Gasteiger partial charge in [0.25, 0.3) is 0 Å². The van der Waals surface area contributed by atoms with Crippen LogP contribution in [-0.4, -0.2) is 42.7 Å². The number of nitrogens with one attached hydrogen (secondary N) is 2. The SMILES string of the molecule is COc1ccc(/C=N\N=C2\NC(=O)[C@@H](CC(=O)Nc3ccc(Br)cc3)S2)cc1OC. The third-order valence-electron chi connectivity index (χ3n) is 4.04. The number of rotatable bonds is 7. The molecule has 1 atom stereocenters. The van der Waals surface area contributed by atoms with Gasteiger partial charge in [-0.3, -0.25) is 9.59 Å². The number of carbonyl (C=O) groups excluding carboxylic acids is 2. The molecule has 3 rings (SSSR count). The Labute approximate surface area is 186 Å². The second kappa shape index (κ2) is 10.3. The summed E-state index contributed by atoms with van der Waals surface area (Å²) in [5.41, 5.74) is 1.43. The second-order valence-corrected chi connectivity index (χ2v) is 8.23. The summed E-state index contributed by atoms with van der Waals surface area (Å²) in [4.78, 5) is 24.3. The van der Waals surface area contributed by atoms with E-state index in [1.54, 1.807) is 44.6 Å². The second-order valence-electron chi connectivity index (χ2n) is 6.12. The van der Waals surface area contributed by atoms with E-state index in [9.17, 15) is 9.59 Å². The van der Waals surface area contributed by atoms with Crippen LogP contribution in [0.2, 0.25) is 0 Å². The van der Waals surface area contributed by atoms with Crippen molar-refractivity contribution in [2.45, 2.75) is 11.7 Å². The lowest BCUT2D eigenvalue weighted by atomic mass is 10.2. The highest BCUT2D eigenvalue weighted by Crippen LogP contribution is 2.27. The van der Waals surface area contributed by atoms with Crippen LogP contribution in [0.25, 0.3) is 0 Å². The maximum absolute atomic E-state index is 12.2. The predicted molar refractivity (Wildman–Crippen MR) is 121 cm³/mol. The highest BCUT2D eigenvalue weighted by Gasteiger charge is 2.32. The Kier molecular flexibility index (Phi) is 7.47. The summed E-state index contributed by atoms with van der Waals surface area (Å²) in [7, 11) is 3.11. The van der Waals surface area contributed by atoms with Gasteiger partial charge in [0, 0.05) is 16.6 Å². The van der Waals surface area contributed by atoms with Gasteiger partial charge in [0.15, 0.2) is 16.7 Å². The molecule has 10 heteroatoms. The third-order valence-corrected chi connectivity index (χ3v) is 5.64. The highest BCUT2D eigenvalue weighted by atomic mass is 79.9. The standard InChI is InChI=1S/C20H19BrN4O4S/c1-28-15-8-3-12(9-16(15)29-2)11-22-25-20-24-19(27)17(30-20)10-18(26)23-14-6-4-13(21)5-7-14/h3-9,11,17H,10H2,1-2H3,(H,23,26)(H,24,25,27)/b22-11-/t17-/m1/s1. The van der Waals surface area contributed by atoms with Gasteiger partial charge in [0.05, 0.1) is 20.4 Å². The van der Waals surface area contributed by atoms with Crippen LogP contribution in [0.15, 0.2) is 57.1 Å². The van der Waals surface area contributed by atoms with E-state index >= 15 is 0 Å². The first-order valence-electron chi connectivity index (χ1n) is 8.84. The minimum atomic E-state index is -0.560. The molecule has 0 radical (unpaired) electrons. The number of anilines is 1. The molecule has 2 amide bonds. The lowest BCUT2D eigenvalue weighted by Crippen LogP contribution is -2.28. The molecule has 2 aromatic carbocycles. The molecule has 1 heterocycles. The summed E-state index contributed by atoms with van der Waals surface area (Å²) in [6, 6.07) is 12.5. The molecule has 8 nitrogen and oxygen atoms in total. The number of hydrogen-bond acceptors (Lipinski definition) is 7. The zero-order valence-electron chi connectivity index (χ0n) is 16.2. The van der Waals surface area contributed by atoms with Gasteiger partial charge in [0.2, 0.25) is 11.8 Å². The van der Waals surface area contributed by atoms with Gasteiger partial charge >= 0.3 is 0 Å². The predicted octanol–water partition coefficient (Wildman–Crippen LogP) is 3.42. The lowest BCUT2D eigenvalue weighted by Gasteiger charge is -2.07. The Morgan fingerprint density at radius 1 is 1.20 bits per heavy atom. The Hall–Kier alpha value is -2.85. The number of amidine groups is 1. The molecule has 0 aliphatic carbocycles. The van der Waals surface area contributed by atoms with Gasteiger partial charge < -0.3 is 20.1 Å². The molecule has 0 spiro atoms. The molecular weight excluding hydrogens is 472 g/mol. The number of methoxy groups -OCH3 is 2. The van der Waals surface area contributed by atoms with E-state index in [0.717, 1.165) is 10.0 Å². The quantitative estimate of drug-likeness (QED) is 0.457. The summed E-state index contributed by atoms with van der Waals surface area (Å²) in [6.07, 6.45) is 1.57. The van der Waals surface area contributed by atoms with Crippen molar-refractivity contribution in [3.05, 3.63) is 52.5 Å². The molecule has 2 N–H and O–H groups in total.